The quantitative estimate of drug-likeness (QED) is 0.209. The van der Waals surface area contributed by atoms with E-state index in [4.69, 9.17) is 9.47 Å². The molecule has 1 heterocycles. The molecule has 0 aliphatic carbocycles. The van der Waals surface area contributed by atoms with Gasteiger partial charge in [-0.1, -0.05) is 30.3 Å². The number of hydrogen-bond acceptors (Lipinski definition) is 6. The molecule has 4 rings (SSSR count). The maximum absolute atomic E-state index is 12.8. The van der Waals surface area contributed by atoms with Crippen molar-refractivity contribution in [2.24, 2.45) is 0 Å². The second-order valence-electron chi connectivity index (χ2n) is 7.88. The molecule has 1 amide bonds. The van der Waals surface area contributed by atoms with Gasteiger partial charge in [0.25, 0.3) is 10.0 Å². The van der Waals surface area contributed by atoms with Crippen molar-refractivity contribution in [3.63, 3.8) is 0 Å². The summed E-state index contributed by atoms with van der Waals surface area (Å²) in [6, 6.07) is 18.6. The molecule has 0 unspecified atom stereocenters. The van der Waals surface area contributed by atoms with Crippen LogP contribution < -0.4 is 48.7 Å². The first kappa shape index (κ1) is 28.2. The molecule has 3 aromatic carbocycles. The Morgan fingerprint density at radius 2 is 1.59 bits per heavy atom. The Morgan fingerprint density at radius 1 is 0.919 bits per heavy atom. The van der Waals surface area contributed by atoms with Gasteiger partial charge in [-0.2, -0.15) is 0 Å². The molecule has 0 aliphatic heterocycles. The van der Waals surface area contributed by atoms with E-state index in [-0.39, 0.29) is 45.8 Å². The van der Waals surface area contributed by atoms with Crippen molar-refractivity contribution in [2.45, 2.75) is 11.8 Å². The van der Waals surface area contributed by atoms with E-state index in [0.29, 0.717) is 17.1 Å². The SMILES string of the molecule is COc1cc(OC)c(-c2cc3ccccc3[n-]2)cc1/C=C/C(=O)c1ccc(S(=O)(=O)NC(C)=O)cc1.[Na+]. The number of benzene rings is 3. The van der Waals surface area contributed by atoms with Crippen molar-refractivity contribution in [3.8, 4) is 22.8 Å². The van der Waals surface area contributed by atoms with Gasteiger partial charge in [-0.05, 0) is 47.9 Å². The summed E-state index contributed by atoms with van der Waals surface area (Å²) in [5, 5.41) is 1.00. The Bertz CT molecular complexity index is 1560. The van der Waals surface area contributed by atoms with Crippen molar-refractivity contribution in [2.75, 3.05) is 14.2 Å². The van der Waals surface area contributed by atoms with Crippen LogP contribution in [0.3, 0.4) is 0 Å². The second-order valence-corrected chi connectivity index (χ2v) is 9.56. The molecule has 0 radical (unpaired) electrons. The number of nitrogens with zero attached hydrogens (tertiary/aromatic N) is 1. The smallest absolute Gasteiger partial charge is 0.657 e. The van der Waals surface area contributed by atoms with E-state index in [9.17, 15) is 18.0 Å². The van der Waals surface area contributed by atoms with Crippen LogP contribution in [0.15, 0.2) is 77.7 Å². The Kier molecular flexibility index (Phi) is 8.98. The number of sulfonamides is 1. The number of carbonyl (C=O) groups is 2. The number of methoxy groups -OCH3 is 2. The Balaban J connectivity index is 0.00000380. The van der Waals surface area contributed by atoms with Crippen LogP contribution in [0.5, 0.6) is 11.5 Å². The van der Waals surface area contributed by atoms with E-state index >= 15 is 0 Å². The van der Waals surface area contributed by atoms with Crippen molar-refractivity contribution in [1.29, 1.82) is 0 Å². The Labute approximate surface area is 237 Å². The molecule has 4 aromatic rings. The first-order valence-electron chi connectivity index (χ1n) is 10.9. The molecule has 0 atom stereocenters. The van der Waals surface area contributed by atoms with Gasteiger partial charge >= 0.3 is 29.6 Å². The number of carbonyl (C=O) groups excluding carboxylic acids is 2. The molecule has 184 valence electrons. The molecule has 0 saturated carbocycles. The van der Waals surface area contributed by atoms with Gasteiger partial charge in [0.2, 0.25) is 5.91 Å². The molecular formula is C27H23N2NaO6S. The average Bonchev–Trinajstić information content (AvgIpc) is 3.30. The number of para-hydroxylation sites is 1. The molecule has 0 aliphatic rings. The van der Waals surface area contributed by atoms with E-state index in [2.05, 4.69) is 4.98 Å². The fourth-order valence-corrected chi connectivity index (χ4v) is 4.71. The normalized spacial score (nSPS) is 11.2. The zero-order chi connectivity index (χ0) is 25.9. The summed E-state index contributed by atoms with van der Waals surface area (Å²) in [6.07, 6.45) is 3.00. The number of amides is 1. The summed E-state index contributed by atoms with van der Waals surface area (Å²) >= 11 is 0. The second kappa shape index (κ2) is 11.8. The molecule has 0 fully saturated rings. The summed E-state index contributed by atoms with van der Waals surface area (Å²) < 4.78 is 37.2. The van der Waals surface area contributed by atoms with Crippen LogP contribution in [-0.4, -0.2) is 34.3 Å². The Morgan fingerprint density at radius 3 is 2.22 bits per heavy atom. The average molecular weight is 527 g/mol. The number of hydrogen-bond donors (Lipinski definition) is 1. The number of allylic oxidation sites excluding steroid dienone is 1. The van der Waals surface area contributed by atoms with Crippen molar-refractivity contribution >= 4 is 38.7 Å². The predicted molar refractivity (Wildman–Crippen MR) is 137 cm³/mol. The third kappa shape index (κ3) is 6.31. The van der Waals surface area contributed by atoms with Crippen LogP contribution in [0.25, 0.3) is 28.2 Å². The van der Waals surface area contributed by atoms with Gasteiger partial charge in [-0.3, -0.25) is 9.59 Å². The van der Waals surface area contributed by atoms with Gasteiger partial charge in [-0.25, -0.2) is 13.1 Å². The van der Waals surface area contributed by atoms with Crippen LogP contribution >= 0.6 is 0 Å². The fraction of sp³-hybridized carbons (Fsp3) is 0.111. The number of fused-ring (bicyclic) bond motifs is 1. The molecule has 10 heteroatoms. The van der Waals surface area contributed by atoms with Crippen LogP contribution in [0.1, 0.15) is 22.8 Å². The maximum atomic E-state index is 12.8. The minimum atomic E-state index is -3.98. The first-order valence-corrected chi connectivity index (χ1v) is 12.3. The topological polar surface area (TPSA) is 113 Å². The van der Waals surface area contributed by atoms with E-state index in [1.54, 1.807) is 19.3 Å². The Hall–Kier alpha value is -3.37. The molecule has 37 heavy (non-hydrogen) atoms. The van der Waals surface area contributed by atoms with Gasteiger partial charge in [0.1, 0.15) is 11.5 Å². The zero-order valence-corrected chi connectivity index (χ0v) is 23.6. The van der Waals surface area contributed by atoms with Crippen LogP contribution in [0.2, 0.25) is 0 Å². The molecule has 0 saturated heterocycles. The van der Waals surface area contributed by atoms with Gasteiger partial charge in [0, 0.05) is 29.7 Å². The molecule has 1 aromatic heterocycles. The minimum Gasteiger partial charge on any atom is -0.657 e. The summed E-state index contributed by atoms with van der Waals surface area (Å²) in [7, 11) is -0.887. The van der Waals surface area contributed by atoms with Crippen molar-refractivity contribution < 1.29 is 57.0 Å². The van der Waals surface area contributed by atoms with E-state index < -0.39 is 15.9 Å². The summed E-state index contributed by atoms with van der Waals surface area (Å²) in [4.78, 5) is 28.4. The van der Waals surface area contributed by atoms with E-state index in [0.717, 1.165) is 29.1 Å². The van der Waals surface area contributed by atoms with Gasteiger partial charge < -0.3 is 14.5 Å². The van der Waals surface area contributed by atoms with Crippen LogP contribution in [0.4, 0.5) is 0 Å². The summed E-state index contributed by atoms with van der Waals surface area (Å²) in [5.74, 6) is 0.0487. The maximum Gasteiger partial charge on any atom is 1.00 e. The number of nitrogens with one attached hydrogen (secondary N) is 1. The number of aromatic nitrogens is 1. The van der Waals surface area contributed by atoms with Gasteiger partial charge in [-0.15, -0.1) is 11.2 Å². The molecule has 1 N–H and O–H groups in total. The monoisotopic (exact) mass is 526 g/mol. The summed E-state index contributed by atoms with van der Waals surface area (Å²) in [6.45, 7) is 1.11. The predicted octanol–water partition coefficient (Wildman–Crippen LogP) is 1.21. The first-order chi connectivity index (χ1) is 17.2. The van der Waals surface area contributed by atoms with Gasteiger partial charge in [0.05, 0.1) is 19.1 Å². The standard InChI is InChI=1S/C27H23N2O6S.Na/c1-17(30)29-36(32,33)21-11-8-18(9-12-21)25(31)13-10-20-14-22(27(35-3)16-26(20)34-2)24-15-19-6-4-5-7-23(19)28-24;/h4-16H,1-3H3,(H,29,30);/q-1;+1/b13-10+;. The molecule has 0 bridgehead atoms. The van der Waals surface area contributed by atoms with Gasteiger partial charge in [0.15, 0.2) is 5.78 Å². The third-order valence-electron chi connectivity index (χ3n) is 5.44. The minimum absolute atomic E-state index is 0. The van der Waals surface area contributed by atoms with E-state index in [1.165, 1.54) is 37.5 Å². The number of rotatable bonds is 8. The van der Waals surface area contributed by atoms with Crippen molar-refractivity contribution in [1.82, 2.24) is 9.71 Å². The zero-order valence-electron chi connectivity index (χ0n) is 20.8. The fourth-order valence-electron chi connectivity index (χ4n) is 3.72. The van der Waals surface area contributed by atoms with E-state index in [1.807, 2.05) is 41.1 Å². The van der Waals surface area contributed by atoms with Crippen molar-refractivity contribution in [3.05, 3.63) is 83.9 Å². The summed E-state index contributed by atoms with van der Waals surface area (Å²) in [5.41, 5.74) is 3.26. The molecular weight excluding hydrogens is 503 g/mol. The third-order valence-corrected chi connectivity index (χ3v) is 6.89. The number of ether oxygens (including phenoxy) is 2. The largest absolute Gasteiger partial charge is 1.00 e. The van der Waals surface area contributed by atoms with Crippen LogP contribution in [-0.2, 0) is 14.8 Å². The van der Waals surface area contributed by atoms with Crippen LogP contribution in [0, 0.1) is 0 Å². The molecule has 0 spiro atoms. The number of ketones is 1. The molecule has 8 nitrogen and oxygen atoms in total.